The van der Waals surface area contributed by atoms with Gasteiger partial charge in [-0.05, 0) is 59.5 Å². The molecule has 1 aliphatic heterocycles. The van der Waals surface area contributed by atoms with Crippen molar-refractivity contribution in [2.45, 2.75) is 33.7 Å². The first-order valence-corrected chi connectivity index (χ1v) is 11.5. The molecular weight excluding hydrogens is 451 g/mol. The lowest BCUT2D eigenvalue weighted by Gasteiger charge is -2.18. The number of hydrogen-bond donors (Lipinski definition) is 1. The zero-order valence-electron chi connectivity index (χ0n) is 17.4. The van der Waals surface area contributed by atoms with Crippen LogP contribution in [0.15, 0.2) is 52.6 Å². The number of carbonyl (C=O) groups is 1. The van der Waals surface area contributed by atoms with Crippen molar-refractivity contribution in [3.8, 4) is 0 Å². The second-order valence-electron chi connectivity index (χ2n) is 8.55. The van der Waals surface area contributed by atoms with E-state index in [1.807, 2.05) is 24.5 Å². The quantitative estimate of drug-likeness (QED) is 0.421. The van der Waals surface area contributed by atoms with Gasteiger partial charge in [0.2, 0.25) is 0 Å². The molecule has 4 rings (SSSR count). The third-order valence-corrected chi connectivity index (χ3v) is 6.39. The van der Waals surface area contributed by atoms with Crippen LogP contribution in [0.4, 0.5) is 5.69 Å². The summed E-state index contributed by atoms with van der Waals surface area (Å²) in [5.74, 6) is -0.294. The Morgan fingerprint density at radius 3 is 2.61 bits per heavy atom. The van der Waals surface area contributed by atoms with Crippen LogP contribution in [0.2, 0.25) is 10.0 Å². The molecule has 0 fully saturated rings. The standard InChI is InChI=1S/C23H22Cl2N4OS/c1-23(2,3)9-10-29-13-26-17-8-7-14(11-18(17)29)12-19-21(30)28-22(31-19)27-20-15(24)5-4-6-16(20)25/h4-8,11-13H,9-10H2,1-3H3,(H,27,28,30). The van der Waals surface area contributed by atoms with Crippen LogP contribution in [-0.4, -0.2) is 20.6 Å². The van der Waals surface area contributed by atoms with Crippen LogP contribution in [0.3, 0.4) is 0 Å². The van der Waals surface area contributed by atoms with Gasteiger partial charge < -0.3 is 9.88 Å². The molecule has 0 radical (unpaired) electrons. The molecule has 2 heterocycles. The number of anilines is 1. The van der Waals surface area contributed by atoms with Gasteiger partial charge in [0.25, 0.3) is 5.91 Å². The van der Waals surface area contributed by atoms with Gasteiger partial charge in [-0.25, -0.2) is 4.98 Å². The zero-order valence-corrected chi connectivity index (χ0v) is 19.8. The highest BCUT2D eigenvalue weighted by atomic mass is 35.5. The lowest BCUT2D eigenvalue weighted by atomic mass is 9.92. The number of fused-ring (bicyclic) bond motifs is 1. The summed E-state index contributed by atoms with van der Waals surface area (Å²) in [5, 5.41) is 4.44. The summed E-state index contributed by atoms with van der Waals surface area (Å²) in [4.78, 5) is 21.6. The predicted molar refractivity (Wildman–Crippen MR) is 132 cm³/mol. The van der Waals surface area contributed by atoms with Crippen LogP contribution in [0, 0.1) is 5.41 Å². The van der Waals surface area contributed by atoms with Gasteiger partial charge >= 0.3 is 0 Å². The maximum atomic E-state index is 12.4. The number of para-hydroxylation sites is 1. The Balaban J connectivity index is 1.54. The molecule has 1 aromatic heterocycles. The fourth-order valence-corrected chi connectivity index (χ4v) is 4.45. The molecule has 0 bridgehead atoms. The molecule has 0 unspecified atom stereocenters. The van der Waals surface area contributed by atoms with E-state index < -0.39 is 0 Å². The van der Waals surface area contributed by atoms with Gasteiger partial charge in [0.15, 0.2) is 5.17 Å². The van der Waals surface area contributed by atoms with Crippen molar-refractivity contribution in [2.24, 2.45) is 10.4 Å². The number of carbonyl (C=O) groups excluding carboxylic acids is 1. The molecule has 1 N–H and O–H groups in total. The summed E-state index contributed by atoms with van der Waals surface area (Å²) < 4.78 is 2.16. The Labute approximate surface area is 195 Å². The number of rotatable bonds is 4. The number of benzene rings is 2. The average molecular weight is 473 g/mol. The summed E-state index contributed by atoms with van der Waals surface area (Å²) in [7, 11) is 0. The number of imidazole rings is 1. The van der Waals surface area contributed by atoms with Crippen LogP contribution in [0.25, 0.3) is 17.1 Å². The van der Waals surface area contributed by atoms with Gasteiger partial charge in [-0.2, -0.15) is 4.99 Å². The minimum Gasteiger partial charge on any atom is -0.332 e. The van der Waals surface area contributed by atoms with E-state index in [1.165, 1.54) is 11.8 Å². The number of nitrogens with one attached hydrogen (secondary N) is 1. The summed E-state index contributed by atoms with van der Waals surface area (Å²) >= 11 is 13.7. The number of thioether (sulfide) groups is 1. The molecule has 160 valence electrons. The molecule has 0 saturated carbocycles. The lowest BCUT2D eigenvalue weighted by Crippen LogP contribution is -2.09. The van der Waals surface area contributed by atoms with Gasteiger partial charge in [0.05, 0.1) is 38.0 Å². The number of aryl methyl sites for hydroxylation is 1. The molecule has 3 aromatic rings. The van der Waals surface area contributed by atoms with E-state index in [-0.39, 0.29) is 11.3 Å². The molecule has 31 heavy (non-hydrogen) atoms. The van der Waals surface area contributed by atoms with Crippen LogP contribution in [0.5, 0.6) is 0 Å². The normalized spacial score (nSPS) is 15.7. The number of amidine groups is 1. The monoisotopic (exact) mass is 472 g/mol. The molecule has 0 spiro atoms. The minimum absolute atomic E-state index is 0.244. The SMILES string of the molecule is CC(C)(C)CCn1cnc2ccc(C=C3SC(Nc4c(Cl)cccc4Cl)=NC3=O)cc21. The van der Waals surface area contributed by atoms with E-state index in [1.54, 1.807) is 18.2 Å². The summed E-state index contributed by atoms with van der Waals surface area (Å²) in [6.45, 7) is 7.58. The molecular formula is C23H22Cl2N4OS. The Bertz CT molecular complexity index is 1200. The lowest BCUT2D eigenvalue weighted by molar-refractivity contribution is -0.113. The number of halogens is 2. The first-order chi connectivity index (χ1) is 14.7. The van der Waals surface area contributed by atoms with E-state index in [0.29, 0.717) is 25.8 Å². The van der Waals surface area contributed by atoms with Gasteiger partial charge in [-0.15, -0.1) is 0 Å². The maximum absolute atomic E-state index is 12.4. The third kappa shape index (κ3) is 5.14. The van der Waals surface area contributed by atoms with E-state index >= 15 is 0 Å². The number of aliphatic imine (C=N–C) groups is 1. The highest BCUT2D eigenvalue weighted by Crippen LogP contribution is 2.35. The Morgan fingerprint density at radius 2 is 1.90 bits per heavy atom. The molecule has 1 aliphatic rings. The van der Waals surface area contributed by atoms with Crippen molar-refractivity contribution in [3.05, 3.63) is 63.2 Å². The first-order valence-electron chi connectivity index (χ1n) is 9.88. The van der Waals surface area contributed by atoms with Crippen LogP contribution in [0.1, 0.15) is 32.8 Å². The van der Waals surface area contributed by atoms with Crippen LogP contribution >= 0.6 is 35.0 Å². The highest BCUT2D eigenvalue weighted by Gasteiger charge is 2.23. The Kier molecular flexibility index (Phi) is 6.15. The average Bonchev–Trinajstić information content (AvgIpc) is 3.25. The molecule has 2 aromatic carbocycles. The van der Waals surface area contributed by atoms with E-state index in [9.17, 15) is 4.79 Å². The predicted octanol–water partition coefficient (Wildman–Crippen LogP) is 6.86. The molecule has 8 heteroatoms. The smallest absolute Gasteiger partial charge is 0.286 e. The first kappa shape index (κ1) is 21.9. The fourth-order valence-electron chi connectivity index (χ4n) is 3.14. The number of nitrogens with zero attached hydrogens (tertiary/aromatic N) is 3. The number of amides is 1. The Morgan fingerprint density at radius 1 is 1.16 bits per heavy atom. The van der Waals surface area contributed by atoms with Crippen molar-refractivity contribution in [2.75, 3.05) is 5.32 Å². The molecule has 1 amide bonds. The van der Waals surface area contributed by atoms with Gasteiger partial charge in [-0.1, -0.05) is 56.1 Å². The van der Waals surface area contributed by atoms with Crippen molar-refractivity contribution in [1.82, 2.24) is 9.55 Å². The maximum Gasteiger partial charge on any atom is 0.286 e. The van der Waals surface area contributed by atoms with Crippen LogP contribution in [-0.2, 0) is 11.3 Å². The van der Waals surface area contributed by atoms with E-state index in [4.69, 9.17) is 23.2 Å². The van der Waals surface area contributed by atoms with Crippen molar-refractivity contribution >= 4 is 68.8 Å². The molecule has 0 saturated heterocycles. The third-order valence-electron chi connectivity index (χ3n) is 4.86. The molecule has 0 aliphatic carbocycles. The van der Waals surface area contributed by atoms with Gasteiger partial charge in [0.1, 0.15) is 0 Å². The second-order valence-corrected chi connectivity index (χ2v) is 10.4. The summed E-state index contributed by atoms with van der Waals surface area (Å²) in [6, 6.07) is 11.2. The fraction of sp³-hybridized carbons (Fsp3) is 0.261. The largest absolute Gasteiger partial charge is 0.332 e. The van der Waals surface area contributed by atoms with Gasteiger partial charge in [-0.3, -0.25) is 4.79 Å². The van der Waals surface area contributed by atoms with Gasteiger partial charge in [0, 0.05) is 6.54 Å². The van der Waals surface area contributed by atoms with E-state index in [0.717, 1.165) is 29.6 Å². The van der Waals surface area contributed by atoms with Crippen molar-refractivity contribution < 1.29 is 4.79 Å². The van der Waals surface area contributed by atoms with Crippen LogP contribution < -0.4 is 5.32 Å². The van der Waals surface area contributed by atoms with Crippen molar-refractivity contribution in [1.29, 1.82) is 0 Å². The van der Waals surface area contributed by atoms with Crippen molar-refractivity contribution in [3.63, 3.8) is 0 Å². The minimum atomic E-state index is -0.294. The molecule has 5 nitrogen and oxygen atoms in total. The summed E-state index contributed by atoms with van der Waals surface area (Å²) in [5.41, 5.74) is 3.70. The molecule has 0 atom stereocenters. The number of aromatic nitrogens is 2. The number of hydrogen-bond acceptors (Lipinski definition) is 4. The second kappa shape index (κ2) is 8.69. The Hall–Kier alpha value is -2.28. The topological polar surface area (TPSA) is 59.3 Å². The highest BCUT2D eigenvalue weighted by molar-refractivity contribution is 8.18. The summed E-state index contributed by atoms with van der Waals surface area (Å²) in [6.07, 6.45) is 4.77. The van der Waals surface area contributed by atoms with E-state index in [2.05, 4.69) is 46.7 Å². The zero-order chi connectivity index (χ0) is 22.2.